The first-order valence-corrected chi connectivity index (χ1v) is 16.2. The second kappa shape index (κ2) is 14.3. The van der Waals surface area contributed by atoms with Crippen molar-refractivity contribution in [1.82, 2.24) is 34.5 Å². The molecule has 7 aromatic rings. The van der Waals surface area contributed by atoms with Gasteiger partial charge in [-0.2, -0.15) is 15.2 Å². The molecule has 4 aromatic heterocycles. The van der Waals surface area contributed by atoms with Gasteiger partial charge in [0.2, 0.25) is 11.8 Å². The molecule has 50 heavy (non-hydrogen) atoms. The molecule has 7 rings (SSSR count). The maximum absolute atomic E-state index is 13.5. The third kappa shape index (κ3) is 7.00. The second-order valence-electron chi connectivity index (χ2n) is 11.5. The van der Waals surface area contributed by atoms with Crippen molar-refractivity contribution in [3.8, 4) is 17.3 Å². The zero-order chi connectivity index (χ0) is 34.5. The highest BCUT2D eigenvalue weighted by Gasteiger charge is 2.16. The van der Waals surface area contributed by atoms with Crippen molar-refractivity contribution >= 4 is 50.8 Å². The normalized spacial score (nSPS) is 11.2. The van der Waals surface area contributed by atoms with Gasteiger partial charge in [-0.25, -0.2) is 14.5 Å². The van der Waals surface area contributed by atoms with Gasteiger partial charge in [-0.05, 0) is 49.2 Å². The predicted molar refractivity (Wildman–Crippen MR) is 192 cm³/mol. The zero-order valence-electron chi connectivity index (χ0n) is 27.1. The summed E-state index contributed by atoms with van der Waals surface area (Å²) in [5, 5.41) is 32.7. The Labute approximate surface area is 285 Å². The summed E-state index contributed by atoms with van der Waals surface area (Å²) in [4.78, 5) is 34.6. The first kappa shape index (κ1) is 32.0. The SMILES string of the molecule is CCCCc1cc(NC(=O)Nc2ccc(Oc3ccnc(Nc4ccc5[nH]ncc5c4)n3)c3ccccc23)n(-c2ccc(=O)n(CCO)c2)n1. The molecule has 0 aliphatic carbocycles. The lowest BCUT2D eigenvalue weighted by atomic mass is 10.1. The number of amides is 2. The van der Waals surface area contributed by atoms with Crippen LogP contribution in [0.2, 0.25) is 0 Å². The van der Waals surface area contributed by atoms with Crippen molar-refractivity contribution in [2.75, 3.05) is 22.6 Å². The van der Waals surface area contributed by atoms with E-state index in [2.05, 4.69) is 43.0 Å². The number of hydrogen-bond donors (Lipinski definition) is 5. The van der Waals surface area contributed by atoms with Crippen LogP contribution in [0, 0.1) is 0 Å². The minimum atomic E-state index is -0.476. The summed E-state index contributed by atoms with van der Waals surface area (Å²) in [6, 6.07) is 23.0. The highest BCUT2D eigenvalue weighted by Crippen LogP contribution is 2.34. The topological polar surface area (TPSA) is 177 Å². The molecule has 0 atom stereocenters. The van der Waals surface area contributed by atoms with E-state index >= 15 is 0 Å². The zero-order valence-corrected chi connectivity index (χ0v) is 27.1. The molecule has 0 saturated heterocycles. The summed E-state index contributed by atoms with van der Waals surface area (Å²) in [5.74, 6) is 1.69. The Bertz CT molecular complexity index is 2360. The smallest absolute Gasteiger partial charge is 0.324 e. The number of fused-ring (bicyclic) bond motifs is 2. The van der Waals surface area contributed by atoms with E-state index in [1.807, 2.05) is 48.5 Å². The molecular weight excluding hydrogens is 636 g/mol. The van der Waals surface area contributed by atoms with Gasteiger partial charge in [-0.1, -0.05) is 37.6 Å². The Hall–Kier alpha value is -6.54. The van der Waals surface area contributed by atoms with Crippen LogP contribution in [-0.4, -0.2) is 52.3 Å². The number of anilines is 4. The van der Waals surface area contributed by atoms with Gasteiger partial charge in [0.15, 0.2) is 0 Å². The molecule has 5 N–H and O–H groups in total. The van der Waals surface area contributed by atoms with Crippen LogP contribution >= 0.6 is 0 Å². The minimum Gasteiger partial charge on any atom is -0.438 e. The number of unbranched alkanes of at least 4 members (excludes halogenated alkanes) is 1. The fourth-order valence-corrected chi connectivity index (χ4v) is 5.58. The number of aromatic amines is 1. The lowest BCUT2D eigenvalue weighted by Gasteiger charge is -2.14. The summed E-state index contributed by atoms with van der Waals surface area (Å²) in [6.45, 7) is 2.06. The molecule has 0 fully saturated rings. The van der Waals surface area contributed by atoms with Crippen molar-refractivity contribution in [3.05, 3.63) is 114 Å². The number of carbonyl (C=O) groups is 1. The van der Waals surface area contributed by atoms with Crippen LogP contribution < -0.4 is 26.2 Å². The Morgan fingerprint density at radius 1 is 1.00 bits per heavy atom. The van der Waals surface area contributed by atoms with Crippen molar-refractivity contribution < 1.29 is 14.6 Å². The highest BCUT2D eigenvalue weighted by molar-refractivity contribution is 6.07. The summed E-state index contributed by atoms with van der Waals surface area (Å²) < 4.78 is 9.23. The molecule has 0 spiro atoms. The van der Waals surface area contributed by atoms with Crippen LogP contribution in [0.4, 0.5) is 27.9 Å². The number of aliphatic hydroxyl groups excluding tert-OH is 1. The molecule has 0 radical (unpaired) electrons. The standard InChI is InChI=1S/C36H34N10O4/c1-2-3-6-25-20-32(46(44-25)26-10-14-34(48)45(22-26)17-18-47)41-36(49)40-30-12-13-31(28-8-5-4-7-27(28)30)50-33-15-16-37-35(42-33)39-24-9-11-29-23(19-24)21-38-43-29/h4-5,7-16,19-22,47H,2-3,6,17-18H2,1H3,(H,38,43)(H,37,39,42)(H2,40,41,49). The number of carbonyl (C=O) groups excluding carboxylic acids is 1. The van der Waals surface area contributed by atoms with Gasteiger partial charge in [0.1, 0.15) is 11.6 Å². The molecule has 0 bridgehead atoms. The third-order valence-corrected chi connectivity index (χ3v) is 8.01. The van der Waals surface area contributed by atoms with E-state index in [4.69, 9.17) is 9.84 Å². The number of hydrogen-bond acceptors (Lipinski definition) is 9. The molecular formula is C36H34N10O4. The van der Waals surface area contributed by atoms with Crippen LogP contribution in [0.3, 0.4) is 0 Å². The van der Waals surface area contributed by atoms with E-state index in [0.717, 1.165) is 52.3 Å². The van der Waals surface area contributed by atoms with Gasteiger partial charge in [0.25, 0.3) is 5.56 Å². The summed E-state index contributed by atoms with van der Waals surface area (Å²) in [7, 11) is 0. The number of aryl methyl sites for hydroxylation is 1. The van der Waals surface area contributed by atoms with E-state index < -0.39 is 6.03 Å². The maximum Gasteiger partial charge on any atom is 0.324 e. The molecule has 2 amide bonds. The van der Waals surface area contributed by atoms with E-state index in [1.165, 1.54) is 10.6 Å². The van der Waals surface area contributed by atoms with Crippen LogP contribution in [-0.2, 0) is 13.0 Å². The number of ether oxygens (including phenoxy) is 1. The summed E-state index contributed by atoms with van der Waals surface area (Å²) >= 11 is 0. The molecule has 0 unspecified atom stereocenters. The number of rotatable bonds is 12. The number of benzene rings is 3. The van der Waals surface area contributed by atoms with E-state index in [9.17, 15) is 14.7 Å². The predicted octanol–water partition coefficient (Wildman–Crippen LogP) is 6.37. The van der Waals surface area contributed by atoms with E-state index in [-0.39, 0.29) is 18.7 Å². The van der Waals surface area contributed by atoms with Gasteiger partial charge >= 0.3 is 6.03 Å². The molecule has 0 aliphatic heterocycles. The van der Waals surface area contributed by atoms with Crippen LogP contribution in [0.1, 0.15) is 25.5 Å². The Morgan fingerprint density at radius 2 is 1.88 bits per heavy atom. The molecule has 252 valence electrons. The molecule has 0 saturated carbocycles. The lowest BCUT2D eigenvalue weighted by Crippen LogP contribution is -2.23. The average Bonchev–Trinajstić information content (AvgIpc) is 3.76. The van der Waals surface area contributed by atoms with Gasteiger partial charge in [0, 0.05) is 59.0 Å². The number of pyridine rings is 1. The van der Waals surface area contributed by atoms with E-state index in [0.29, 0.717) is 34.8 Å². The first-order valence-electron chi connectivity index (χ1n) is 16.2. The van der Waals surface area contributed by atoms with Crippen molar-refractivity contribution in [3.63, 3.8) is 0 Å². The number of aromatic nitrogens is 7. The fourth-order valence-electron chi connectivity index (χ4n) is 5.58. The monoisotopic (exact) mass is 670 g/mol. The lowest BCUT2D eigenvalue weighted by molar-refractivity contribution is 0.262. The van der Waals surface area contributed by atoms with Gasteiger partial charge < -0.3 is 25.0 Å². The van der Waals surface area contributed by atoms with Gasteiger partial charge in [-0.3, -0.25) is 15.2 Å². The number of nitrogens with one attached hydrogen (secondary N) is 4. The minimum absolute atomic E-state index is 0.144. The largest absolute Gasteiger partial charge is 0.438 e. The molecule has 14 nitrogen and oxygen atoms in total. The van der Waals surface area contributed by atoms with Crippen LogP contribution in [0.25, 0.3) is 27.4 Å². The molecule has 0 aliphatic rings. The highest BCUT2D eigenvalue weighted by atomic mass is 16.5. The number of urea groups is 1. The first-order chi connectivity index (χ1) is 24.5. The Kier molecular flexibility index (Phi) is 9.16. The molecule has 3 aromatic carbocycles. The van der Waals surface area contributed by atoms with Crippen LogP contribution in [0.15, 0.2) is 102 Å². The van der Waals surface area contributed by atoms with Gasteiger partial charge in [-0.15, -0.1) is 0 Å². The summed E-state index contributed by atoms with van der Waals surface area (Å²) in [6.07, 6.45) is 7.63. The summed E-state index contributed by atoms with van der Waals surface area (Å²) in [5.41, 5.74) is 3.44. The van der Waals surface area contributed by atoms with Crippen LogP contribution in [0.5, 0.6) is 11.6 Å². The quantitative estimate of drug-likeness (QED) is 0.0989. The number of nitrogens with zero attached hydrogens (tertiary/aromatic N) is 6. The average molecular weight is 671 g/mol. The second-order valence-corrected chi connectivity index (χ2v) is 11.5. The molecule has 14 heteroatoms. The third-order valence-electron chi connectivity index (χ3n) is 8.01. The van der Waals surface area contributed by atoms with E-state index in [1.54, 1.807) is 47.5 Å². The molecule has 4 heterocycles. The number of aliphatic hydroxyl groups is 1. The number of H-pyrrole nitrogens is 1. The van der Waals surface area contributed by atoms with Crippen molar-refractivity contribution in [2.45, 2.75) is 32.7 Å². The van der Waals surface area contributed by atoms with Crippen molar-refractivity contribution in [2.24, 2.45) is 0 Å². The van der Waals surface area contributed by atoms with Crippen molar-refractivity contribution in [1.29, 1.82) is 0 Å². The fraction of sp³-hybridized carbons (Fsp3) is 0.167. The van der Waals surface area contributed by atoms with Gasteiger partial charge in [0.05, 0.1) is 35.4 Å². The Balaban J connectivity index is 1.11. The maximum atomic E-state index is 13.5. The Morgan fingerprint density at radius 3 is 2.74 bits per heavy atom.